The second-order valence-corrected chi connectivity index (χ2v) is 9.57. The molecule has 1 heterocycles. The van der Waals surface area contributed by atoms with E-state index in [2.05, 4.69) is 0 Å². The second kappa shape index (κ2) is 29.5. The molecule has 1 fully saturated rings. The first-order chi connectivity index (χ1) is 3.00. The molecule has 1 aliphatic heterocycles. The Bertz CT molecular complexity index is 25.2. The quantitative estimate of drug-likeness (QED) is 0.416. The van der Waals surface area contributed by atoms with Gasteiger partial charge in [0.1, 0.15) is 0 Å². The molecule has 0 amide bonds. The van der Waals surface area contributed by atoms with Gasteiger partial charge in [0.05, 0.1) is 0 Å². The van der Waals surface area contributed by atoms with E-state index in [0.29, 0.717) is 0 Å². The van der Waals surface area contributed by atoms with E-state index in [4.69, 9.17) is 8.37 Å². The van der Waals surface area contributed by atoms with Crippen LogP contribution in [-0.2, 0) is 8.37 Å². The molecule has 9 nitrogen and oxygen atoms in total. The Morgan fingerprint density at radius 3 is 0.667 bits per heavy atom. The number of hydrogen-bond acceptors (Lipinski definition) is 9. The van der Waals surface area contributed by atoms with Crippen LogP contribution in [0.1, 0.15) is 0 Å². The average molecular weight is 368 g/mol. The van der Waals surface area contributed by atoms with Gasteiger partial charge >= 0.3 is 56.7 Å². The van der Waals surface area contributed by atoms with Crippen LogP contribution >= 0.6 is 0 Å². The molecule has 12 heteroatoms. The van der Waals surface area contributed by atoms with Gasteiger partial charge in [-0.15, -0.1) is 0 Å². The van der Waals surface area contributed by atoms with Crippen LogP contribution < -0.4 is 0 Å². The van der Waals surface area contributed by atoms with E-state index in [1.807, 2.05) is 0 Å². The molecule has 0 saturated carbocycles. The van der Waals surface area contributed by atoms with Crippen molar-refractivity contribution < 1.29 is 41.2 Å². The normalized spacial score (nSPS) is 12.0. The fraction of sp³-hybridized carbons (Fsp3) is 0. The van der Waals surface area contributed by atoms with Crippen molar-refractivity contribution in [2.45, 2.75) is 0 Å². The molecule has 0 aromatic carbocycles. The van der Waals surface area contributed by atoms with Gasteiger partial charge in [-0.1, -0.05) is 0 Å². The van der Waals surface area contributed by atoms with Crippen LogP contribution in [0.5, 0.6) is 0 Å². The third-order valence-corrected chi connectivity index (χ3v) is 6.75. The maximum absolute atomic E-state index is 4.91. The third-order valence-electron chi connectivity index (χ3n) is 0.250. The summed E-state index contributed by atoms with van der Waals surface area (Å²) in [4.78, 5) is 0. The van der Waals surface area contributed by atoms with Crippen molar-refractivity contribution in [3.8, 4) is 0 Å². The van der Waals surface area contributed by atoms with Crippen molar-refractivity contribution in [3.05, 3.63) is 0 Å². The van der Waals surface area contributed by atoms with E-state index in [1.54, 1.807) is 0 Å². The van der Waals surface area contributed by atoms with E-state index in [-0.39, 0.29) is 32.9 Å². The van der Waals surface area contributed by atoms with E-state index in [1.165, 1.54) is 0 Å². The zero-order valence-electron chi connectivity index (χ0n) is 5.41. The second-order valence-electron chi connectivity index (χ2n) is 0.556. The molecule has 6 N–H and O–H groups in total. The Balaban J connectivity index is -0.0000000150. The first kappa shape index (κ1) is 37.8. The van der Waals surface area contributed by atoms with Crippen LogP contribution in [0.4, 0.5) is 0 Å². The number of rotatable bonds is 0. The SMILES string of the molecule is [OH-].[OH-].[OH-].[OH-].[OH-].[OH-].[O]1[Ge][O][Ge][O][Ge]1. The summed E-state index contributed by atoms with van der Waals surface area (Å²) in [6, 6.07) is 0. The summed E-state index contributed by atoms with van der Waals surface area (Å²) < 4.78 is 14.7. The molecule has 0 atom stereocenters. The molecule has 0 aromatic heterocycles. The van der Waals surface area contributed by atoms with Crippen molar-refractivity contribution in [1.29, 1.82) is 0 Å². The Morgan fingerprint density at radius 1 is 0.417 bits per heavy atom. The molecule has 12 heavy (non-hydrogen) atoms. The summed E-state index contributed by atoms with van der Waals surface area (Å²) in [5, 5.41) is 0. The molecule has 6 radical (unpaired) electrons. The number of hydrogen-bond donors (Lipinski definition) is 0. The van der Waals surface area contributed by atoms with Gasteiger partial charge in [0, 0.05) is 0 Å². The molecule has 1 saturated heterocycles. The van der Waals surface area contributed by atoms with E-state index >= 15 is 0 Å². The molecule has 0 aromatic rings. The van der Waals surface area contributed by atoms with Gasteiger partial charge < -0.3 is 32.9 Å². The molecule has 78 valence electrons. The molecule has 1 aliphatic rings. The first-order valence-electron chi connectivity index (χ1n) is 1.22. The van der Waals surface area contributed by atoms with Crippen LogP contribution in [0, 0.1) is 0 Å². The van der Waals surface area contributed by atoms with Gasteiger partial charge in [-0.25, -0.2) is 0 Å². The van der Waals surface area contributed by atoms with Crippen molar-refractivity contribution in [2.75, 3.05) is 0 Å². The summed E-state index contributed by atoms with van der Waals surface area (Å²) in [5.74, 6) is 0. The van der Waals surface area contributed by atoms with E-state index in [0.717, 1.165) is 0 Å². The maximum atomic E-state index is 4.91. The fourth-order valence-electron chi connectivity index (χ4n) is 0.114. The Morgan fingerprint density at radius 2 is 0.583 bits per heavy atom. The zero-order valence-corrected chi connectivity index (χ0v) is 11.7. The first-order valence-corrected chi connectivity index (χ1v) is 6.36. The van der Waals surface area contributed by atoms with E-state index in [9.17, 15) is 0 Å². The monoisotopic (exact) mass is 372 g/mol. The molecule has 0 bridgehead atoms. The Labute approximate surface area is 89.5 Å². The minimum atomic E-state index is -0.406. The molecule has 1 rings (SSSR count). The van der Waals surface area contributed by atoms with Gasteiger partial charge in [-0.05, 0) is 0 Å². The predicted octanol–water partition coefficient (Wildman–Crippen LogP) is -2.41. The fourth-order valence-corrected chi connectivity index (χ4v) is 10.1. The molecule has 0 aliphatic carbocycles. The average Bonchev–Trinajstić information content (AvgIpc) is 1.72. The van der Waals surface area contributed by atoms with Crippen LogP contribution in [0.3, 0.4) is 0 Å². The van der Waals surface area contributed by atoms with Crippen LogP contribution in [-0.4, -0.2) is 81.2 Å². The van der Waals surface area contributed by atoms with Crippen molar-refractivity contribution >= 4 is 48.3 Å². The van der Waals surface area contributed by atoms with Crippen LogP contribution in [0.2, 0.25) is 0 Å². The Hall–Kier alpha value is 1.27. The minimum absolute atomic E-state index is 0. The van der Waals surface area contributed by atoms with Gasteiger partial charge in [0.2, 0.25) is 0 Å². The molecular formula is H6Ge3O9-6. The summed E-state index contributed by atoms with van der Waals surface area (Å²) in [7, 11) is 0. The zero-order chi connectivity index (χ0) is 4.24. The van der Waals surface area contributed by atoms with Gasteiger partial charge in [0.25, 0.3) is 0 Å². The van der Waals surface area contributed by atoms with Crippen LogP contribution in [0.25, 0.3) is 0 Å². The van der Waals surface area contributed by atoms with Crippen molar-refractivity contribution in [3.63, 3.8) is 0 Å². The van der Waals surface area contributed by atoms with Gasteiger partial charge in [-0.3, -0.25) is 0 Å². The molecule has 0 unspecified atom stereocenters. The predicted molar refractivity (Wildman–Crippen MR) is 32.1 cm³/mol. The molecular weight excluding hydrogens is 362 g/mol. The molecule has 0 spiro atoms. The third kappa shape index (κ3) is 22.5. The van der Waals surface area contributed by atoms with Crippen molar-refractivity contribution in [1.82, 2.24) is 0 Å². The summed E-state index contributed by atoms with van der Waals surface area (Å²) in [6.45, 7) is 0. The van der Waals surface area contributed by atoms with Crippen molar-refractivity contribution in [2.24, 2.45) is 0 Å². The van der Waals surface area contributed by atoms with Gasteiger partial charge in [0.15, 0.2) is 0 Å². The van der Waals surface area contributed by atoms with E-state index < -0.39 is 48.3 Å². The summed E-state index contributed by atoms with van der Waals surface area (Å²) >= 11 is -1.22. The Kier molecular flexibility index (Phi) is 92.9. The van der Waals surface area contributed by atoms with Gasteiger partial charge in [-0.2, -0.15) is 0 Å². The van der Waals surface area contributed by atoms with Crippen LogP contribution in [0.15, 0.2) is 0 Å². The topological polar surface area (TPSA) is 208 Å². The standard InChI is InChI=1S/Ge3O3.6H2O/c1-4-2-6-3-5-1;;;;;;/h;6*1H2/p-6. The summed E-state index contributed by atoms with van der Waals surface area (Å²) in [6.07, 6.45) is 0. The summed E-state index contributed by atoms with van der Waals surface area (Å²) in [5.41, 5.74) is 0.